The maximum absolute atomic E-state index is 12.2. The van der Waals surface area contributed by atoms with Crippen LogP contribution in [0.2, 0.25) is 0 Å². The summed E-state index contributed by atoms with van der Waals surface area (Å²) in [6.45, 7) is 2.24. The fourth-order valence-electron chi connectivity index (χ4n) is 1.97. The maximum atomic E-state index is 12.2. The number of rotatable bonds is 5. The van der Waals surface area contributed by atoms with E-state index in [-0.39, 0.29) is 5.91 Å². The van der Waals surface area contributed by atoms with Gasteiger partial charge in [0.25, 0.3) is 5.91 Å². The van der Waals surface area contributed by atoms with E-state index in [0.29, 0.717) is 24.1 Å². The number of pyridine rings is 1. The van der Waals surface area contributed by atoms with Crippen molar-refractivity contribution in [2.24, 2.45) is 0 Å². The van der Waals surface area contributed by atoms with Crippen LogP contribution in [0.15, 0.2) is 30.6 Å². The van der Waals surface area contributed by atoms with Gasteiger partial charge in [-0.1, -0.05) is 0 Å². The average molecular weight is 283 g/mol. The van der Waals surface area contributed by atoms with E-state index in [1.165, 1.54) is 0 Å². The average Bonchev–Trinajstić information content (AvgIpc) is 3.29. The van der Waals surface area contributed by atoms with E-state index in [1.54, 1.807) is 25.4 Å². The molecule has 0 aromatic carbocycles. The van der Waals surface area contributed by atoms with Crippen LogP contribution >= 0.6 is 0 Å². The summed E-state index contributed by atoms with van der Waals surface area (Å²) in [4.78, 5) is 24.6. The van der Waals surface area contributed by atoms with Crippen LogP contribution in [-0.4, -0.2) is 26.9 Å². The zero-order valence-electron chi connectivity index (χ0n) is 11.8. The Labute approximate surface area is 123 Å². The summed E-state index contributed by atoms with van der Waals surface area (Å²) in [5.41, 5.74) is 1.39. The van der Waals surface area contributed by atoms with Crippen molar-refractivity contribution in [3.63, 3.8) is 0 Å². The van der Waals surface area contributed by atoms with Crippen molar-refractivity contribution in [2.45, 2.75) is 32.4 Å². The van der Waals surface area contributed by atoms with Crippen LogP contribution in [0.3, 0.4) is 0 Å². The largest absolute Gasteiger partial charge is 0.367 e. The highest BCUT2D eigenvalue weighted by molar-refractivity contribution is 5.92. The van der Waals surface area contributed by atoms with Crippen LogP contribution in [0.5, 0.6) is 0 Å². The molecule has 0 bridgehead atoms. The molecule has 6 nitrogen and oxygen atoms in total. The molecular formula is C15H17N5O. The highest BCUT2D eigenvalue weighted by Gasteiger charge is 2.22. The van der Waals surface area contributed by atoms with Crippen LogP contribution in [-0.2, 0) is 6.54 Å². The van der Waals surface area contributed by atoms with Crippen molar-refractivity contribution >= 4 is 11.7 Å². The first-order valence-electron chi connectivity index (χ1n) is 7.00. The summed E-state index contributed by atoms with van der Waals surface area (Å²) >= 11 is 0. The fourth-order valence-corrected chi connectivity index (χ4v) is 1.97. The molecule has 0 atom stereocenters. The number of anilines is 1. The number of carbonyl (C=O) groups excluding carboxylic acids is 1. The van der Waals surface area contributed by atoms with Crippen LogP contribution in [0.25, 0.3) is 0 Å². The van der Waals surface area contributed by atoms with E-state index >= 15 is 0 Å². The molecule has 1 fully saturated rings. The first kappa shape index (κ1) is 13.5. The van der Waals surface area contributed by atoms with Crippen molar-refractivity contribution < 1.29 is 4.79 Å². The number of hydrogen-bond donors (Lipinski definition) is 2. The molecule has 0 unspecified atom stereocenters. The van der Waals surface area contributed by atoms with E-state index in [0.717, 1.165) is 24.2 Å². The van der Waals surface area contributed by atoms with Gasteiger partial charge in [-0.3, -0.25) is 9.78 Å². The lowest BCUT2D eigenvalue weighted by Crippen LogP contribution is -2.24. The smallest absolute Gasteiger partial charge is 0.270 e. The summed E-state index contributed by atoms with van der Waals surface area (Å²) in [5, 5.41) is 6.14. The van der Waals surface area contributed by atoms with E-state index in [9.17, 15) is 4.79 Å². The van der Waals surface area contributed by atoms with Crippen molar-refractivity contribution in [3.8, 4) is 0 Å². The van der Waals surface area contributed by atoms with Gasteiger partial charge in [0.2, 0.25) is 0 Å². The highest BCUT2D eigenvalue weighted by atomic mass is 16.1. The van der Waals surface area contributed by atoms with Gasteiger partial charge >= 0.3 is 0 Å². The molecule has 1 amide bonds. The van der Waals surface area contributed by atoms with Gasteiger partial charge in [0.1, 0.15) is 17.3 Å². The molecule has 1 aliphatic carbocycles. The first-order valence-corrected chi connectivity index (χ1v) is 7.00. The molecule has 2 heterocycles. The zero-order chi connectivity index (χ0) is 14.7. The van der Waals surface area contributed by atoms with Gasteiger partial charge in [0, 0.05) is 31.0 Å². The minimum atomic E-state index is -0.198. The van der Waals surface area contributed by atoms with Gasteiger partial charge < -0.3 is 10.6 Å². The normalized spacial score (nSPS) is 13.8. The molecule has 6 heteroatoms. The summed E-state index contributed by atoms with van der Waals surface area (Å²) < 4.78 is 0. The number of nitrogens with zero attached hydrogens (tertiary/aromatic N) is 3. The monoisotopic (exact) mass is 283 g/mol. The molecule has 0 radical (unpaired) electrons. The third-order valence-corrected chi connectivity index (χ3v) is 3.20. The minimum Gasteiger partial charge on any atom is -0.367 e. The van der Waals surface area contributed by atoms with Gasteiger partial charge in [0.05, 0.1) is 0 Å². The standard InChI is InChI=1S/C15H17N5O/c1-10-18-13(8-14(19-10)20-12-2-3-12)15(21)17-9-11-4-6-16-7-5-11/h4-8,12H,2-3,9H2,1H3,(H,17,21)(H,18,19,20). The number of aromatic nitrogens is 3. The van der Waals surface area contributed by atoms with E-state index < -0.39 is 0 Å². The maximum Gasteiger partial charge on any atom is 0.270 e. The van der Waals surface area contributed by atoms with Crippen LogP contribution < -0.4 is 10.6 Å². The molecular weight excluding hydrogens is 266 g/mol. The second-order valence-electron chi connectivity index (χ2n) is 5.14. The molecule has 0 spiro atoms. The Hall–Kier alpha value is -2.50. The topological polar surface area (TPSA) is 79.8 Å². The molecule has 1 aliphatic rings. The Morgan fingerprint density at radius 2 is 2.05 bits per heavy atom. The molecule has 2 aromatic heterocycles. The molecule has 1 saturated carbocycles. The Morgan fingerprint density at radius 1 is 1.29 bits per heavy atom. The Bertz CT molecular complexity index is 640. The number of aryl methyl sites for hydroxylation is 1. The van der Waals surface area contributed by atoms with Gasteiger partial charge in [-0.05, 0) is 37.5 Å². The summed E-state index contributed by atoms with van der Waals surface area (Å²) in [6, 6.07) is 5.93. The number of nitrogens with one attached hydrogen (secondary N) is 2. The molecule has 3 rings (SSSR count). The second kappa shape index (κ2) is 5.87. The van der Waals surface area contributed by atoms with E-state index in [2.05, 4.69) is 25.6 Å². The predicted octanol–water partition coefficient (Wildman–Crippen LogP) is 1.68. The minimum absolute atomic E-state index is 0.198. The first-order chi connectivity index (χ1) is 10.2. The summed E-state index contributed by atoms with van der Waals surface area (Å²) in [6.07, 6.45) is 5.72. The van der Waals surface area contributed by atoms with Gasteiger partial charge in [-0.25, -0.2) is 9.97 Å². The third kappa shape index (κ3) is 3.75. The van der Waals surface area contributed by atoms with Gasteiger partial charge in [-0.2, -0.15) is 0 Å². The molecule has 0 aliphatic heterocycles. The Kier molecular flexibility index (Phi) is 3.77. The molecule has 0 saturated heterocycles. The fraction of sp³-hybridized carbons (Fsp3) is 0.333. The Morgan fingerprint density at radius 3 is 2.76 bits per heavy atom. The summed E-state index contributed by atoms with van der Waals surface area (Å²) in [5.74, 6) is 1.12. The van der Waals surface area contributed by atoms with Crippen LogP contribution in [0.1, 0.15) is 34.7 Å². The number of carbonyl (C=O) groups is 1. The van der Waals surface area contributed by atoms with Gasteiger partial charge in [0.15, 0.2) is 0 Å². The van der Waals surface area contributed by atoms with Crippen LogP contribution in [0, 0.1) is 6.92 Å². The quantitative estimate of drug-likeness (QED) is 0.872. The second-order valence-corrected chi connectivity index (χ2v) is 5.14. The number of amides is 1. The van der Waals surface area contributed by atoms with E-state index in [4.69, 9.17) is 0 Å². The lowest BCUT2D eigenvalue weighted by molar-refractivity contribution is 0.0945. The third-order valence-electron chi connectivity index (χ3n) is 3.20. The van der Waals surface area contributed by atoms with Crippen molar-refractivity contribution in [2.75, 3.05) is 5.32 Å². The van der Waals surface area contributed by atoms with Crippen molar-refractivity contribution in [1.29, 1.82) is 0 Å². The highest BCUT2D eigenvalue weighted by Crippen LogP contribution is 2.23. The molecule has 21 heavy (non-hydrogen) atoms. The van der Waals surface area contributed by atoms with E-state index in [1.807, 2.05) is 12.1 Å². The van der Waals surface area contributed by atoms with Gasteiger partial charge in [-0.15, -0.1) is 0 Å². The lowest BCUT2D eigenvalue weighted by Gasteiger charge is -2.08. The SMILES string of the molecule is Cc1nc(NC2CC2)cc(C(=O)NCc2ccncc2)n1. The number of hydrogen-bond acceptors (Lipinski definition) is 5. The Balaban J connectivity index is 1.67. The lowest BCUT2D eigenvalue weighted by atomic mass is 10.2. The zero-order valence-corrected chi connectivity index (χ0v) is 11.8. The predicted molar refractivity (Wildman–Crippen MR) is 78.8 cm³/mol. The van der Waals surface area contributed by atoms with Crippen molar-refractivity contribution in [3.05, 3.63) is 47.7 Å². The summed E-state index contributed by atoms with van der Waals surface area (Å²) in [7, 11) is 0. The molecule has 108 valence electrons. The molecule has 2 N–H and O–H groups in total. The van der Waals surface area contributed by atoms with Crippen molar-refractivity contribution in [1.82, 2.24) is 20.3 Å². The molecule has 2 aromatic rings. The van der Waals surface area contributed by atoms with Crippen LogP contribution in [0.4, 0.5) is 5.82 Å².